The molecule has 0 fully saturated rings. The number of aryl methyl sites for hydroxylation is 2. The molecule has 2 N–H and O–H groups in total. The normalized spacial score (nSPS) is 12.4. The lowest BCUT2D eigenvalue weighted by molar-refractivity contribution is 0.0940. The van der Waals surface area contributed by atoms with Crippen molar-refractivity contribution in [2.24, 2.45) is 7.05 Å². The lowest BCUT2D eigenvalue weighted by Crippen LogP contribution is -2.31. The third-order valence-electron chi connectivity index (χ3n) is 4.40. The van der Waals surface area contributed by atoms with Crippen LogP contribution < -0.4 is 10.0 Å². The predicted molar refractivity (Wildman–Crippen MR) is 109 cm³/mol. The number of rotatable bonds is 6. The van der Waals surface area contributed by atoms with Gasteiger partial charge >= 0.3 is 0 Å². The molecule has 0 aliphatic rings. The summed E-state index contributed by atoms with van der Waals surface area (Å²) in [5.41, 5.74) is 1.48. The molecule has 2 aromatic carbocycles. The topological polar surface area (TPSA) is 93.1 Å². The minimum atomic E-state index is -3.50. The highest BCUT2D eigenvalue weighted by Gasteiger charge is 2.24. The van der Waals surface area contributed by atoms with Gasteiger partial charge in [-0.15, -0.1) is 0 Å². The van der Waals surface area contributed by atoms with Crippen molar-refractivity contribution >= 4 is 21.6 Å². The number of hydrogen-bond acceptors (Lipinski definition) is 4. The van der Waals surface area contributed by atoms with Crippen LogP contribution in [-0.2, 0) is 17.1 Å². The zero-order chi connectivity index (χ0) is 21.2. The van der Waals surface area contributed by atoms with E-state index in [2.05, 4.69) is 15.0 Å². The second-order valence-electron chi connectivity index (χ2n) is 6.73. The Morgan fingerprint density at radius 3 is 2.55 bits per heavy atom. The Morgan fingerprint density at radius 1 is 1.21 bits per heavy atom. The Kier molecular flexibility index (Phi) is 5.69. The zero-order valence-electron chi connectivity index (χ0n) is 16.2. The largest absolute Gasteiger partial charge is 0.338 e. The first-order valence-corrected chi connectivity index (χ1v) is 10.7. The first-order chi connectivity index (χ1) is 13.7. The summed E-state index contributed by atoms with van der Waals surface area (Å²) in [4.78, 5) is 17.2. The average Bonchev–Trinajstić information content (AvgIpc) is 3.06. The molecule has 152 valence electrons. The maximum Gasteiger partial charge on any atom is 0.252 e. The Bertz CT molecular complexity index is 1160. The summed E-state index contributed by atoms with van der Waals surface area (Å²) in [5, 5.41) is 2.80. The number of carbonyl (C=O) groups excluding carboxylic acids is 1. The molecule has 1 heterocycles. The van der Waals surface area contributed by atoms with Crippen molar-refractivity contribution in [3.05, 3.63) is 83.2 Å². The number of imidazole rings is 1. The molecule has 3 aromatic rings. The molecule has 0 radical (unpaired) electrons. The van der Waals surface area contributed by atoms with Crippen LogP contribution in [0.5, 0.6) is 0 Å². The maximum absolute atomic E-state index is 14.5. The van der Waals surface area contributed by atoms with Crippen LogP contribution in [0.1, 0.15) is 33.4 Å². The Labute approximate surface area is 168 Å². The van der Waals surface area contributed by atoms with Gasteiger partial charge in [0.2, 0.25) is 10.0 Å². The second-order valence-corrected chi connectivity index (χ2v) is 8.48. The van der Waals surface area contributed by atoms with Crippen LogP contribution in [0.25, 0.3) is 0 Å². The third-order valence-corrected chi connectivity index (χ3v) is 4.99. The third kappa shape index (κ3) is 4.80. The van der Waals surface area contributed by atoms with Crippen molar-refractivity contribution in [1.82, 2.24) is 14.9 Å². The number of sulfonamides is 1. The van der Waals surface area contributed by atoms with E-state index in [9.17, 15) is 17.6 Å². The molecule has 0 aliphatic heterocycles. The SMILES string of the molecule is Cc1ccc(C(=O)N[C@H](c2ccccc2F)c2nccn2C)cc1NS(C)(=O)=O. The summed E-state index contributed by atoms with van der Waals surface area (Å²) < 4.78 is 41.7. The van der Waals surface area contributed by atoms with Crippen LogP contribution in [0.3, 0.4) is 0 Å². The van der Waals surface area contributed by atoms with E-state index in [4.69, 9.17) is 0 Å². The van der Waals surface area contributed by atoms with Gasteiger partial charge < -0.3 is 9.88 Å². The number of halogens is 1. The van der Waals surface area contributed by atoms with Crippen LogP contribution in [0.2, 0.25) is 0 Å². The van der Waals surface area contributed by atoms with E-state index < -0.39 is 27.8 Å². The standard InChI is InChI=1S/C20H21FN4O3S/c1-13-8-9-14(12-17(13)24-29(3,27)28)20(26)23-18(19-22-10-11-25(19)2)15-6-4-5-7-16(15)21/h4-12,18,24H,1-3H3,(H,23,26)/t18-/m1/s1. The molecule has 7 nitrogen and oxygen atoms in total. The van der Waals surface area contributed by atoms with Gasteiger partial charge in [-0.1, -0.05) is 24.3 Å². The number of carbonyl (C=O) groups is 1. The zero-order valence-corrected chi connectivity index (χ0v) is 17.0. The van der Waals surface area contributed by atoms with Crippen LogP contribution in [0, 0.1) is 12.7 Å². The van der Waals surface area contributed by atoms with Gasteiger partial charge in [-0.3, -0.25) is 9.52 Å². The first-order valence-electron chi connectivity index (χ1n) is 8.76. The number of amides is 1. The van der Waals surface area contributed by atoms with E-state index in [1.807, 2.05) is 0 Å². The number of benzene rings is 2. The highest BCUT2D eigenvalue weighted by molar-refractivity contribution is 7.92. The second kappa shape index (κ2) is 8.04. The summed E-state index contributed by atoms with van der Waals surface area (Å²) in [6.45, 7) is 1.73. The van der Waals surface area contributed by atoms with Gasteiger partial charge in [0, 0.05) is 30.6 Å². The van der Waals surface area contributed by atoms with Crippen molar-refractivity contribution in [3.63, 3.8) is 0 Å². The van der Waals surface area contributed by atoms with Gasteiger partial charge in [0.05, 0.1) is 11.9 Å². The van der Waals surface area contributed by atoms with Crippen LogP contribution in [-0.4, -0.2) is 30.1 Å². The number of anilines is 1. The molecule has 0 bridgehead atoms. The highest BCUT2D eigenvalue weighted by atomic mass is 32.2. The number of nitrogens with one attached hydrogen (secondary N) is 2. The molecule has 0 aliphatic carbocycles. The van der Waals surface area contributed by atoms with Crippen molar-refractivity contribution in [2.75, 3.05) is 11.0 Å². The molecule has 1 aromatic heterocycles. The molecule has 29 heavy (non-hydrogen) atoms. The fraction of sp³-hybridized carbons (Fsp3) is 0.200. The van der Waals surface area contributed by atoms with Crippen LogP contribution in [0.15, 0.2) is 54.9 Å². The molecule has 0 saturated carbocycles. The monoisotopic (exact) mass is 416 g/mol. The molecule has 9 heteroatoms. The Hall–Kier alpha value is -3.20. The fourth-order valence-corrected chi connectivity index (χ4v) is 3.55. The molecule has 3 rings (SSSR count). The van der Waals surface area contributed by atoms with E-state index in [1.165, 1.54) is 12.1 Å². The van der Waals surface area contributed by atoms with Crippen LogP contribution >= 0.6 is 0 Å². The van der Waals surface area contributed by atoms with Gasteiger partial charge in [0.15, 0.2) is 0 Å². The average molecular weight is 416 g/mol. The smallest absolute Gasteiger partial charge is 0.252 e. The Morgan fingerprint density at radius 2 is 1.93 bits per heavy atom. The summed E-state index contributed by atoms with van der Waals surface area (Å²) in [6, 6.07) is 9.99. The maximum atomic E-state index is 14.5. The molecule has 0 saturated heterocycles. The summed E-state index contributed by atoms with van der Waals surface area (Å²) >= 11 is 0. The molecule has 0 unspecified atom stereocenters. The van der Waals surface area contributed by atoms with E-state index in [-0.39, 0.29) is 11.1 Å². The van der Waals surface area contributed by atoms with Crippen molar-refractivity contribution in [3.8, 4) is 0 Å². The van der Waals surface area contributed by atoms with Crippen LogP contribution in [0.4, 0.5) is 10.1 Å². The van der Waals surface area contributed by atoms with E-state index in [1.54, 1.807) is 61.3 Å². The van der Waals surface area contributed by atoms with E-state index >= 15 is 0 Å². The molecular formula is C20H21FN4O3S. The van der Waals surface area contributed by atoms with Gasteiger partial charge in [-0.2, -0.15) is 0 Å². The molecule has 1 atom stereocenters. The van der Waals surface area contributed by atoms with Crippen molar-refractivity contribution in [2.45, 2.75) is 13.0 Å². The number of hydrogen-bond donors (Lipinski definition) is 2. The fourth-order valence-electron chi connectivity index (χ4n) is 2.93. The minimum Gasteiger partial charge on any atom is -0.338 e. The molecular weight excluding hydrogens is 395 g/mol. The highest BCUT2D eigenvalue weighted by Crippen LogP contribution is 2.24. The first kappa shape index (κ1) is 20.5. The molecule has 1 amide bonds. The van der Waals surface area contributed by atoms with Gasteiger partial charge in [0.25, 0.3) is 5.91 Å². The lowest BCUT2D eigenvalue weighted by atomic mass is 10.0. The molecule has 0 spiro atoms. The van der Waals surface area contributed by atoms with Crippen molar-refractivity contribution in [1.29, 1.82) is 0 Å². The predicted octanol–water partition coefficient (Wildman–Crippen LogP) is 2.76. The number of nitrogens with zero attached hydrogens (tertiary/aromatic N) is 2. The Balaban J connectivity index is 1.97. The quantitative estimate of drug-likeness (QED) is 0.646. The van der Waals surface area contributed by atoms with E-state index in [0.29, 0.717) is 17.1 Å². The summed E-state index contributed by atoms with van der Waals surface area (Å²) in [5.74, 6) is -0.494. The van der Waals surface area contributed by atoms with Crippen molar-refractivity contribution < 1.29 is 17.6 Å². The summed E-state index contributed by atoms with van der Waals surface area (Å²) in [6.07, 6.45) is 4.30. The lowest BCUT2D eigenvalue weighted by Gasteiger charge is -2.20. The van der Waals surface area contributed by atoms with Gasteiger partial charge in [0.1, 0.15) is 17.7 Å². The summed E-state index contributed by atoms with van der Waals surface area (Å²) in [7, 11) is -1.75. The van der Waals surface area contributed by atoms with E-state index in [0.717, 1.165) is 6.26 Å². The van der Waals surface area contributed by atoms with Gasteiger partial charge in [-0.25, -0.2) is 17.8 Å². The number of aromatic nitrogens is 2. The minimum absolute atomic E-state index is 0.234. The van der Waals surface area contributed by atoms with Gasteiger partial charge in [-0.05, 0) is 30.7 Å².